The molecular formula is C11H17N3O. The highest BCUT2D eigenvalue weighted by atomic mass is 16.1. The second kappa shape index (κ2) is 5.34. The normalized spacial score (nSPS) is 10.0. The van der Waals surface area contributed by atoms with Crippen molar-refractivity contribution in [1.29, 1.82) is 0 Å². The molecule has 1 rings (SSSR count). The van der Waals surface area contributed by atoms with Crippen LogP contribution in [0, 0.1) is 6.92 Å². The molecule has 1 aromatic heterocycles. The molecule has 0 radical (unpaired) electrons. The van der Waals surface area contributed by atoms with Crippen molar-refractivity contribution in [3.05, 3.63) is 23.5 Å². The maximum atomic E-state index is 11.6. The van der Waals surface area contributed by atoms with E-state index in [0.29, 0.717) is 17.8 Å². The summed E-state index contributed by atoms with van der Waals surface area (Å²) in [5.41, 5.74) is 7.48. The molecule has 0 aromatic carbocycles. The van der Waals surface area contributed by atoms with Gasteiger partial charge in [-0.25, -0.2) is 0 Å². The molecule has 4 nitrogen and oxygen atoms in total. The topological polar surface area (TPSA) is 68.0 Å². The standard InChI is InChI=1S/C11H17N3O/c1-3-4-5-13-11(15)9-7-14-8(2)6-10(9)12/h6-7H,3-5H2,1-2H3,(H2,12,14)(H,13,15). The van der Waals surface area contributed by atoms with Crippen molar-refractivity contribution in [1.82, 2.24) is 10.3 Å². The summed E-state index contributed by atoms with van der Waals surface area (Å²) >= 11 is 0. The lowest BCUT2D eigenvalue weighted by Gasteiger charge is -2.06. The third kappa shape index (κ3) is 3.23. The molecule has 0 saturated carbocycles. The van der Waals surface area contributed by atoms with Crippen LogP contribution in [0.15, 0.2) is 12.3 Å². The van der Waals surface area contributed by atoms with Crippen molar-refractivity contribution in [2.24, 2.45) is 0 Å². The van der Waals surface area contributed by atoms with E-state index in [2.05, 4.69) is 17.2 Å². The molecule has 3 N–H and O–H groups in total. The number of hydrogen-bond acceptors (Lipinski definition) is 3. The highest BCUT2D eigenvalue weighted by Crippen LogP contribution is 2.10. The minimum absolute atomic E-state index is 0.145. The number of carbonyl (C=O) groups is 1. The van der Waals surface area contributed by atoms with Gasteiger partial charge < -0.3 is 11.1 Å². The van der Waals surface area contributed by atoms with Crippen LogP contribution in [-0.4, -0.2) is 17.4 Å². The van der Waals surface area contributed by atoms with Gasteiger partial charge in [0.1, 0.15) is 0 Å². The van der Waals surface area contributed by atoms with E-state index in [9.17, 15) is 4.79 Å². The van der Waals surface area contributed by atoms with Crippen molar-refractivity contribution in [2.75, 3.05) is 12.3 Å². The maximum absolute atomic E-state index is 11.6. The Morgan fingerprint density at radius 3 is 2.93 bits per heavy atom. The van der Waals surface area contributed by atoms with Crippen LogP contribution in [0.25, 0.3) is 0 Å². The van der Waals surface area contributed by atoms with Crippen LogP contribution in [0.1, 0.15) is 35.8 Å². The van der Waals surface area contributed by atoms with Crippen molar-refractivity contribution in [2.45, 2.75) is 26.7 Å². The van der Waals surface area contributed by atoms with Crippen LogP contribution >= 0.6 is 0 Å². The Bertz CT molecular complexity index is 350. The number of nitrogens with one attached hydrogen (secondary N) is 1. The van der Waals surface area contributed by atoms with Crippen LogP contribution in [0.2, 0.25) is 0 Å². The number of nitrogen functional groups attached to an aromatic ring is 1. The minimum Gasteiger partial charge on any atom is -0.398 e. The second-order valence-corrected chi connectivity index (χ2v) is 3.52. The Kier molecular flexibility index (Phi) is 4.09. The Morgan fingerprint density at radius 1 is 1.60 bits per heavy atom. The number of rotatable bonds is 4. The van der Waals surface area contributed by atoms with Crippen LogP contribution in [0.5, 0.6) is 0 Å². The highest BCUT2D eigenvalue weighted by molar-refractivity contribution is 5.98. The van der Waals surface area contributed by atoms with E-state index in [1.165, 1.54) is 6.20 Å². The number of pyridine rings is 1. The predicted molar refractivity (Wildman–Crippen MR) is 60.6 cm³/mol. The third-order valence-corrected chi connectivity index (χ3v) is 2.13. The lowest BCUT2D eigenvalue weighted by Crippen LogP contribution is -2.25. The molecule has 1 amide bonds. The molecule has 0 aliphatic heterocycles. The SMILES string of the molecule is CCCCNC(=O)c1cnc(C)cc1N. The smallest absolute Gasteiger partial charge is 0.254 e. The van der Waals surface area contributed by atoms with Gasteiger partial charge in [-0.2, -0.15) is 0 Å². The zero-order chi connectivity index (χ0) is 11.3. The molecule has 0 aliphatic rings. The van der Waals surface area contributed by atoms with Crippen LogP contribution in [0.3, 0.4) is 0 Å². The number of carbonyl (C=O) groups excluding carboxylic acids is 1. The van der Waals surface area contributed by atoms with Crippen molar-refractivity contribution >= 4 is 11.6 Å². The molecule has 1 heterocycles. The number of nitrogens with zero attached hydrogens (tertiary/aromatic N) is 1. The summed E-state index contributed by atoms with van der Waals surface area (Å²) in [6.07, 6.45) is 3.55. The molecule has 0 unspecified atom stereocenters. The molecule has 4 heteroatoms. The van der Waals surface area contributed by atoms with E-state index < -0.39 is 0 Å². The van der Waals surface area contributed by atoms with E-state index in [-0.39, 0.29) is 5.91 Å². The zero-order valence-corrected chi connectivity index (χ0v) is 9.21. The Morgan fingerprint density at radius 2 is 2.33 bits per heavy atom. The predicted octanol–water partition coefficient (Wildman–Crippen LogP) is 1.50. The third-order valence-electron chi connectivity index (χ3n) is 2.13. The summed E-state index contributed by atoms with van der Waals surface area (Å²) in [5.74, 6) is -0.145. The van der Waals surface area contributed by atoms with E-state index in [4.69, 9.17) is 5.73 Å². The van der Waals surface area contributed by atoms with Gasteiger partial charge in [0.25, 0.3) is 5.91 Å². The lowest BCUT2D eigenvalue weighted by molar-refractivity contribution is 0.0953. The number of nitrogens with two attached hydrogens (primary N) is 1. The quantitative estimate of drug-likeness (QED) is 0.735. The summed E-state index contributed by atoms with van der Waals surface area (Å²) < 4.78 is 0. The summed E-state index contributed by atoms with van der Waals surface area (Å²) in [6, 6.07) is 1.70. The van der Waals surface area contributed by atoms with E-state index in [0.717, 1.165) is 18.5 Å². The number of aryl methyl sites for hydroxylation is 1. The number of anilines is 1. The summed E-state index contributed by atoms with van der Waals surface area (Å²) in [6.45, 7) is 4.60. The summed E-state index contributed by atoms with van der Waals surface area (Å²) in [7, 11) is 0. The highest BCUT2D eigenvalue weighted by Gasteiger charge is 2.09. The Balaban J connectivity index is 2.65. The molecule has 1 aromatic rings. The van der Waals surface area contributed by atoms with Crippen molar-refractivity contribution in [3.8, 4) is 0 Å². The van der Waals surface area contributed by atoms with Crippen molar-refractivity contribution < 1.29 is 4.79 Å². The molecule has 0 aliphatic carbocycles. The van der Waals surface area contributed by atoms with E-state index in [1.54, 1.807) is 6.07 Å². The van der Waals surface area contributed by atoms with Crippen molar-refractivity contribution in [3.63, 3.8) is 0 Å². The molecule has 0 atom stereocenters. The van der Waals surface area contributed by atoms with E-state index in [1.807, 2.05) is 6.92 Å². The number of hydrogen-bond donors (Lipinski definition) is 2. The lowest BCUT2D eigenvalue weighted by atomic mass is 10.2. The van der Waals surface area contributed by atoms with Gasteiger partial charge in [-0.3, -0.25) is 9.78 Å². The van der Waals surface area contributed by atoms with E-state index >= 15 is 0 Å². The monoisotopic (exact) mass is 207 g/mol. The Hall–Kier alpha value is -1.58. The van der Waals surface area contributed by atoms with Gasteiger partial charge >= 0.3 is 0 Å². The fourth-order valence-electron chi connectivity index (χ4n) is 1.24. The molecule has 82 valence electrons. The number of unbranched alkanes of at least 4 members (excludes halogenated alkanes) is 1. The number of aromatic nitrogens is 1. The van der Waals surface area contributed by atoms with Gasteiger partial charge in [0.05, 0.1) is 5.56 Å². The molecule has 0 spiro atoms. The van der Waals surface area contributed by atoms with Gasteiger partial charge in [0, 0.05) is 24.1 Å². The molecule has 0 fully saturated rings. The number of amides is 1. The fourth-order valence-corrected chi connectivity index (χ4v) is 1.24. The average Bonchev–Trinajstić information content (AvgIpc) is 2.17. The summed E-state index contributed by atoms with van der Waals surface area (Å²) in [5, 5.41) is 2.80. The van der Waals surface area contributed by atoms with Crippen LogP contribution in [0.4, 0.5) is 5.69 Å². The minimum atomic E-state index is -0.145. The first-order valence-corrected chi connectivity index (χ1v) is 5.15. The molecule has 0 saturated heterocycles. The van der Waals surface area contributed by atoms with Gasteiger partial charge in [0.2, 0.25) is 0 Å². The average molecular weight is 207 g/mol. The molecule has 0 bridgehead atoms. The zero-order valence-electron chi connectivity index (χ0n) is 9.21. The summed E-state index contributed by atoms with van der Waals surface area (Å²) in [4.78, 5) is 15.7. The molecular weight excluding hydrogens is 190 g/mol. The largest absolute Gasteiger partial charge is 0.398 e. The van der Waals surface area contributed by atoms with Gasteiger partial charge in [-0.05, 0) is 19.4 Å². The second-order valence-electron chi connectivity index (χ2n) is 3.52. The maximum Gasteiger partial charge on any atom is 0.254 e. The first-order valence-electron chi connectivity index (χ1n) is 5.15. The Labute approximate surface area is 89.9 Å². The molecule has 15 heavy (non-hydrogen) atoms. The van der Waals surface area contributed by atoms with Crippen LogP contribution in [-0.2, 0) is 0 Å². The van der Waals surface area contributed by atoms with Crippen LogP contribution < -0.4 is 11.1 Å². The van der Waals surface area contributed by atoms with Gasteiger partial charge in [-0.15, -0.1) is 0 Å². The van der Waals surface area contributed by atoms with Gasteiger partial charge in [-0.1, -0.05) is 13.3 Å². The van der Waals surface area contributed by atoms with Gasteiger partial charge in [0.15, 0.2) is 0 Å². The first-order chi connectivity index (χ1) is 7.15. The fraction of sp³-hybridized carbons (Fsp3) is 0.455. The first kappa shape index (κ1) is 11.5.